The number of anilines is 1. The van der Waals surface area contributed by atoms with E-state index in [1.54, 1.807) is 10.5 Å². The van der Waals surface area contributed by atoms with Crippen LogP contribution in [0.4, 0.5) is 5.82 Å². The van der Waals surface area contributed by atoms with Crippen LogP contribution in [0.5, 0.6) is 0 Å². The molecule has 0 aliphatic rings. The smallest absolute Gasteiger partial charge is 0.157 e. The van der Waals surface area contributed by atoms with E-state index in [0.717, 1.165) is 5.56 Å². The molecule has 0 spiro atoms. The highest BCUT2D eigenvalue weighted by molar-refractivity contribution is 6.34. The third-order valence-corrected chi connectivity index (χ3v) is 3.39. The molecule has 0 aliphatic carbocycles. The van der Waals surface area contributed by atoms with Crippen LogP contribution >= 0.6 is 23.2 Å². The zero-order valence-electron chi connectivity index (χ0n) is 9.27. The van der Waals surface area contributed by atoms with Gasteiger partial charge in [0.2, 0.25) is 0 Å². The summed E-state index contributed by atoms with van der Waals surface area (Å²) in [5.41, 5.74) is 8.17. The minimum Gasteiger partial charge on any atom is -0.383 e. The maximum absolute atomic E-state index is 6.16. The molecule has 90 valence electrons. The number of nitrogens with two attached hydrogens (primary N) is 1. The van der Waals surface area contributed by atoms with E-state index in [-0.39, 0.29) is 0 Å². The Kier molecular flexibility index (Phi) is 2.65. The Bertz CT molecular complexity index is 734. The van der Waals surface area contributed by atoms with E-state index in [0.29, 0.717) is 27.2 Å². The first-order chi connectivity index (χ1) is 8.68. The molecule has 0 bridgehead atoms. The van der Waals surface area contributed by atoms with Crippen molar-refractivity contribution in [2.75, 3.05) is 5.73 Å². The van der Waals surface area contributed by atoms with Gasteiger partial charge in [-0.25, -0.2) is 4.98 Å². The van der Waals surface area contributed by atoms with Crippen LogP contribution in [0, 0.1) is 0 Å². The largest absolute Gasteiger partial charge is 0.383 e. The highest BCUT2D eigenvalue weighted by Gasteiger charge is 2.14. The molecule has 2 N–H and O–H groups in total. The molecule has 18 heavy (non-hydrogen) atoms. The van der Waals surface area contributed by atoms with Gasteiger partial charge in [0.25, 0.3) is 0 Å². The van der Waals surface area contributed by atoms with Crippen molar-refractivity contribution < 1.29 is 0 Å². The molecular weight excluding hydrogens is 269 g/mol. The third kappa shape index (κ3) is 1.64. The second-order valence-corrected chi connectivity index (χ2v) is 4.69. The molecule has 0 aliphatic heterocycles. The molecule has 0 saturated carbocycles. The zero-order valence-corrected chi connectivity index (χ0v) is 10.8. The Morgan fingerprint density at radius 1 is 1.00 bits per heavy atom. The lowest BCUT2D eigenvalue weighted by molar-refractivity contribution is 1.20. The Labute approximate surface area is 114 Å². The fourth-order valence-corrected chi connectivity index (χ4v) is 2.34. The normalized spacial score (nSPS) is 11.0. The second-order valence-electron chi connectivity index (χ2n) is 3.88. The summed E-state index contributed by atoms with van der Waals surface area (Å²) >= 11 is 12.3. The van der Waals surface area contributed by atoms with Gasteiger partial charge in [0.05, 0.1) is 10.0 Å². The van der Waals surface area contributed by atoms with Gasteiger partial charge in [0, 0.05) is 11.8 Å². The first kappa shape index (κ1) is 11.4. The summed E-state index contributed by atoms with van der Waals surface area (Å²) in [6.07, 6.45) is 1.82. The van der Waals surface area contributed by atoms with Crippen molar-refractivity contribution in [2.24, 2.45) is 0 Å². The van der Waals surface area contributed by atoms with Gasteiger partial charge in [-0.05, 0) is 18.2 Å². The predicted octanol–water partition coefficient (Wildman–Crippen LogP) is 3.89. The predicted molar refractivity (Wildman–Crippen MR) is 75.1 cm³/mol. The summed E-state index contributed by atoms with van der Waals surface area (Å²) in [6.45, 7) is 0. The van der Waals surface area contributed by atoms with Crippen molar-refractivity contribution in [1.82, 2.24) is 9.38 Å². The topological polar surface area (TPSA) is 43.3 Å². The van der Waals surface area contributed by atoms with Crippen molar-refractivity contribution in [3.8, 4) is 11.3 Å². The minimum absolute atomic E-state index is 0.528. The van der Waals surface area contributed by atoms with Gasteiger partial charge >= 0.3 is 0 Å². The maximum Gasteiger partial charge on any atom is 0.157 e. The average molecular weight is 278 g/mol. The highest BCUT2D eigenvalue weighted by Crippen LogP contribution is 2.33. The maximum atomic E-state index is 6.16. The van der Waals surface area contributed by atoms with Gasteiger partial charge in [-0.1, -0.05) is 41.4 Å². The molecule has 3 nitrogen and oxygen atoms in total. The quantitative estimate of drug-likeness (QED) is 0.733. The van der Waals surface area contributed by atoms with Crippen LogP contribution in [-0.4, -0.2) is 9.38 Å². The number of rotatable bonds is 1. The standard InChI is InChI=1S/C13H9Cl2N3/c14-9-5-2-1-4-8(9)11-12(16)18-7-3-6-10(15)13(18)17-11/h1-7H,16H2. The van der Waals surface area contributed by atoms with Crippen LogP contribution in [0.25, 0.3) is 16.9 Å². The van der Waals surface area contributed by atoms with Gasteiger partial charge in [-0.15, -0.1) is 0 Å². The Hall–Kier alpha value is -1.71. The van der Waals surface area contributed by atoms with Crippen LogP contribution in [0.15, 0.2) is 42.6 Å². The Morgan fingerprint density at radius 3 is 2.44 bits per heavy atom. The summed E-state index contributed by atoms with van der Waals surface area (Å²) in [6, 6.07) is 11.1. The molecule has 3 rings (SSSR count). The third-order valence-electron chi connectivity index (χ3n) is 2.77. The lowest BCUT2D eigenvalue weighted by atomic mass is 10.1. The minimum atomic E-state index is 0.528. The van der Waals surface area contributed by atoms with Gasteiger partial charge in [-0.3, -0.25) is 4.40 Å². The number of pyridine rings is 1. The van der Waals surface area contributed by atoms with Crippen molar-refractivity contribution in [2.45, 2.75) is 0 Å². The lowest BCUT2D eigenvalue weighted by Crippen LogP contribution is -1.93. The first-order valence-corrected chi connectivity index (χ1v) is 6.11. The first-order valence-electron chi connectivity index (χ1n) is 5.35. The van der Waals surface area contributed by atoms with Crippen molar-refractivity contribution in [3.63, 3.8) is 0 Å². The fourth-order valence-electron chi connectivity index (χ4n) is 1.90. The number of nitrogen functional groups attached to an aromatic ring is 1. The molecular formula is C13H9Cl2N3. The van der Waals surface area contributed by atoms with Gasteiger partial charge in [0.1, 0.15) is 11.5 Å². The number of aromatic nitrogens is 2. The van der Waals surface area contributed by atoms with Crippen LogP contribution in [0.1, 0.15) is 0 Å². The van der Waals surface area contributed by atoms with E-state index in [1.165, 1.54) is 0 Å². The fraction of sp³-hybridized carbons (Fsp3) is 0. The molecule has 2 aromatic heterocycles. The molecule has 3 aromatic rings. The molecule has 0 amide bonds. The van der Waals surface area contributed by atoms with Crippen LogP contribution in [0.3, 0.4) is 0 Å². The molecule has 0 fully saturated rings. The van der Waals surface area contributed by atoms with E-state index in [1.807, 2.05) is 36.5 Å². The highest BCUT2D eigenvalue weighted by atomic mass is 35.5. The Morgan fingerprint density at radius 2 is 1.72 bits per heavy atom. The summed E-state index contributed by atoms with van der Waals surface area (Å²) < 4.78 is 1.75. The number of halogens is 2. The molecule has 2 heterocycles. The zero-order chi connectivity index (χ0) is 12.7. The SMILES string of the molecule is Nc1c(-c2ccccc2Cl)nc2c(Cl)cccn12. The van der Waals surface area contributed by atoms with E-state index < -0.39 is 0 Å². The van der Waals surface area contributed by atoms with Crippen LogP contribution in [0.2, 0.25) is 10.0 Å². The number of fused-ring (bicyclic) bond motifs is 1. The second kappa shape index (κ2) is 4.19. The number of benzene rings is 1. The van der Waals surface area contributed by atoms with E-state index in [4.69, 9.17) is 28.9 Å². The van der Waals surface area contributed by atoms with Gasteiger partial charge in [0.15, 0.2) is 5.65 Å². The summed E-state index contributed by atoms with van der Waals surface area (Å²) in [7, 11) is 0. The lowest BCUT2D eigenvalue weighted by Gasteiger charge is -2.01. The van der Waals surface area contributed by atoms with Crippen molar-refractivity contribution in [3.05, 3.63) is 52.6 Å². The molecule has 0 unspecified atom stereocenters. The Balaban J connectivity index is 2.35. The monoisotopic (exact) mass is 277 g/mol. The summed E-state index contributed by atoms with van der Waals surface area (Å²) in [5.74, 6) is 0.528. The van der Waals surface area contributed by atoms with E-state index in [2.05, 4.69) is 4.98 Å². The van der Waals surface area contributed by atoms with Crippen LogP contribution in [-0.2, 0) is 0 Å². The van der Waals surface area contributed by atoms with E-state index in [9.17, 15) is 0 Å². The van der Waals surface area contributed by atoms with E-state index >= 15 is 0 Å². The number of hydrogen-bond acceptors (Lipinski definition) is 2. The molecule has 1 aromatic carbocycles. The van der Waals surface area contributed by atoms with Gasteiger partial charge < -0.3 is 5.73 Å². The van der Waals surface area contributed by atoms with Crippen molar-refractivity contribution in [1.29, 1.82) is 0 Å². The summed E-state index contributed by atoms with van der Waals surface area (Å²) in [4.78, 5) is 4.46. The number of imidazole rings is 1. The van der Waals surface area contributed by atoms with Crippen LogP contribution < -0.4 is 5.73 Å². The molecule has 5 heteroatoms. The molecule has 0 radical (unpaired) electrons. The molecule has 0 saturated heterocycles. The summed E-state index contributed by atoms with van der Waals surface area (Å²) in [5, 5.41) is 1.17. The molecule has 0 atom stereocenters. The number of nitrogens with zero attached hydrogens (tertiary/aromatic N) is 2. The van der Waals surface area contributed by atoms with Gasteiger partial charge in [-0.2, -0.15) is 0 Å². The average Bonchev–Trinajstić information content (AvgIpc) is 2.70. The number of hydrogen-bond donors (Lipinski definition) is 1. The van der Waals surface area contributed by atoms with Crippen molar-refractivity contribution >= 4 is 34.7 Å².